The fourth-order valence-corrected chi connectivity index (χ4v) is 3.81. The lowest BCUT2D eigenvalue weighted by molar-refractivity contribution is 0.0326. The van der Waals surface area contributed by atoms with Gasteiger partial charge in [-0.15, -0.1) is 10.2 Å². The first-order chi connectivity index (χ1) is 11.4. The first-order valence-electron chi connectivity index (χ1n) is 9.12. The van der Waals surface area contributed by atoms with Crippen molar-refractivity contribution in [3.63, 3.8) is 0 Å². The summed E-state index contributed by atoms with van der Waals surface area (Å²) >= 11 is 0. The van der Waals surface area contributed by atoms with E-state index in [1.165, 1.54) is 12.8 Å². The zero-order valence-electron chi connectivity index (χ0n) is 15.4. The highest BCUT2D eigenvalue weighted by Crippen LogP contribution is 2.26. The molecular weight excluding hydrogens is 304 g/mol. The van der Waals surface area contributed by atoms with Gasteiger partial charge in [-0.3, -0.25) is 4.90 Å². The zero-order chi connectivity index (χ0) is 17.2. The Labute approximate surface area is 145 Å². The number of piperidine rings is 1. The van der Waals surface area contributed by atoms with Crippen molar-refractivity contribution in [2.24, 2.45) is 12.8 Å². The second kappa shape index (κ2) is 7.47. The summed E-state index contributed by atoms with van der Waals surface area (Å²) in [6.07, 6.45) is 2.39. The van der Waals surface area contributed by atoms with Crippen LogP contribution in [0.15, 0.2) is 0 Å². The molecule has 136 valence electrons. The first-order valence-corrected chi connectivity index (χ1v) is 9.12. The van der Waals surface area contributed by atoms with Crippen molar-refractivity contribution < 1.29 is 4.74 Å². The maximum absolute atomic E-state index is 6.20. The van der Waals surface area contributed by atoms with Gasteiger partial charge in [0.15, 0.2) is 0 Å². The van der Waals surface area contributed by atoms with Crippen LogP contribution in [0.2, 0.25) is 0 Å². The molecule has 1 aromatic rings. The van der Waals surface area contributed by atoms with Gasteiger partial charge >= 0.3 is 0 Å². The summed E-state index contributed by atoms with van der Waals surface area (Å²) in [4.78, 5) is 4.87. The van der Waals surface area contributed by atoms with E-state index in [2.05, 4.69) is 45.5 Å². The van der Waals surface area contributed by atoms with Gasteiger partial charge in [0.05, 0.1) is 19.8 Å². The van der Waals surface area contributed by atoms with E-state index >= 15 is 0 Å². The molecule has 7 heteroatoms. The van der Waals surface area contributed by atoms with Crippen LogP contribution in [-0.4, -0.2) is 76.0 Å². The molecule has 0 aliphatic carbocycles. The number of hydrogen-bond acceptors (Lipinski definition) is 6. The Kier molecular flexibility index (Phi) is 5.54. The molecule has 0 bridgehead atoms. The molecule has 0 saturated carbocycles. The summed E-state index contributed by atoms with van der Waals surface area (Å²) in [7, 11) is 2.11. The van der Waals surface area contributed by atoms with Crippen molar-refractivity contribution in [3.05, 3.63) is 11.6 Å². The van der Waals surface area contributed by atoms with E-state index in [1.54, 1.807) is 0 Å². The lowest BCUT2D eigenvalue weighted by Crippen LogP contribution is -2.48. The molecule has 0 radical (unpaired) electrons. The van der Waals surface area contributed by atoms with Crippen LogP contribution in [0.5, 0.6) is 0 Å². The Balaban J connectivity index is 1.64. The minimum absolute atomic E-state index is 0.150. The predicted octanol–water partition coefficient (Wildman–Crippen LogP) is 0.564. The molecule has 2 aliphatic rings. The SMILES string of the molecule is Cn1c(CN2CCOCC2)nnc1[C@@H]1CCCN(CC(C)(C)N)C1. The van der Waals surface area contributed by atoms with Crippen molar-refractivity contribution in [2.75, 3.05) is 45.9 Å². The Hall–Kier alpha value is -1.02. The van der Waals surface area contributed by atoms with Gasteiger partial charge in [0.2, 0.25) is 0 Å². The van der Waals surface area contributed by atoms with Crippen molar-refractivity contribution in [1.29, 1.82) is 0 Å². The summed E-state index contributed by atoms with van der Waals surface area (Å²) in [5.41, 5.74) is 6.05. The number of likely N-dealkylation sites (tertiary alicyclic amines) is 1. The van der Waals surface area contributed by atoms with E-state index in [1.807, 2.05) is 0 Å². The van der Waals surface area contributed by atoms with Crippen LogP contribution in [0.25, 0.3) is 0 Å². The van der Waals surface area contributed by atoms with Crippen molar-refractivity contribution >= 4 is 0 Å². The highest BCUT2D eigenvalue weighted by molar-refractivity contribution is 5.04. The van der Waals surface area contributed by atoms with Crippen LogP contribution in [0.1, 0.15) is 44.3 Å². The maximum atomic E-state index is 6.20. The Morgan fingerprint density at radius 3 is 2.62 bits per heavy atom. The van der Waals surface area contributed by atoms with Gasteiger partial charge in [-0.2, -0.15) is 0 Å². The van der Waals surface area contributed by atoms with Gasteiger partial charge < -0.3 is 19.9 Å². The van der Waals surface area contributed by atoms with E-state index in [9.17, 15) is 0 Å². The van der Waals surface area contributed by atoms with Gasteiger partial charge in [-0.25, -0.2) is 0 Å². The van der Waals surface area contributed by atoms with Gasteiger partial charge in [0.25, 0.3) is 0 Å². The Morgan fingerprint density at radius 1 is 1.17 bits per heavy atom. The molecule has 0 unspecified atom stereocenters. The van der Waals surface area contributed by atoms with Crippen LogP contribution >= 0.6 is 0 Å². The number of nitrogens with two attached hydrogens (primary N) is 1. The standard InChI is InChI=1S/C17H32N6O/c1-17(2,18)13-23-6-4-5-14(11-23)16-20-19-15(21(16)3)12-22-7-9-24-10-8-22/h14H,4-13,18H2,1-3H3/t14-/m1/s1. The largest absolute Gasteiger partial charge is 0.379 e. The van der Waals surface area contributed by atoms with E-state index < -0.39 is 0 Å². The molecule has 24 heavy (non-hydrogen) atoms. The van der Waals surface area contributed by atoms with Gasteiger partial charge in [0.1, 0.15) is 11.6 Å². The minimum Gasteiger partial charge on any atom is -0.379 e. The Morgan fingerprint density at radius 2 is 1.92 bits per heavy atom. The minimum atomic E-state index is -0.150. The number of hydrogen-bond donors (Lipinski definition) is 1. The molecule has 2 fully saturated rings. The van der Waals surface area contributed by atoms with Crippen molar-refractivity contribution in [1.82, 2.24) is 24.6 Å². The molecule has 0 spiro atoms. The monoisotopic (exact) mass is 336 g/mol. The van der Waals surface area contributed by atoms with E-state index in [-0.39, 0.29) is 5.54 Å². The summed E-state index contributed by atoms with van der Waals surface area (Å²) in [5.74, 6) is 2.64. The molecule has 2 aliphatic heterocycles. The molecule has 1 aromatic heterocycles. The lowest BCUT2D eigenvalue weighted by atomic mass is 9.95. The number of ether oxygens (including phenoxy) is 1. The third-order valence-corrected chi connectivity index (χ3v) is 4.97. The molecule has 3 rings (SSSR count). The number of nitrogens with zero attached hydrogens (tertiary/aromatic N) is 5. The van der Waals surface area contributed by atoms with E-state index in [0.29, 0.717) is 5.92 Å². The van der Waals surface area contributed by atoms with Crippen molar-refractivity contribution in [3.8, 4) is 0 Å². The highest BCUT2D eigenvalue weighted by Gasteiger charge is 2.28. The average molecular weight is 336 g/mol. The molecule has 3 heterocycles. The summed E-state index contributed by atoms with van der Waals surface area (Å²) in [5, 5.41) is 9.00. The summed E-state index contributed by atoms with van der Waals surface area (Å²) < 4.78 is 7.62. The molecular formula is C17H32N6O. The first kappa shape index (κ1) is 17.8. The molecule has 2 N–H and O–H groups in total. The van der Waals surface area contributed by atoms with Crippen molar-refractivity contribution in [2.45, 2.75) is 44.7 Å². The van der Waals surface area contributed by atoms with Crippen LogP contribution in [-0.2, 0) is 18.3 Å². The normalized spacial score (nSPS) is 24.4. The molecule has 1 atom stereocenters. The average Bonchev–Trinajstić information content (AvgIpc) is 2.88. The Bertz CT molecular complexity index is 532. The predicted molar refractivity (Wildman–Crippen MR) is 93.8 cm³/mol. The lowest BCUT2D eigenvalue weighted by Gasteiger charge is -2.36. The topological polar surface area (TPSA) is 72.4 Å². The highest BCUT2D eigenvalue weighted by atomic mass is 16.5. The van der Waals surface area contributed by atoms with Crippen LogP contribution in [0, 0.1) is 0 Å². The van der Waals surface area contributed by atoms with E-state index in [4.69, 9.17) is 10.5 Å². The number of morpholine rings is 1. The van der Waals surface area contributed by atoms with E-state index in [0.717, 1.165) is 64.1 Å². The third kappa shape index (κ3) is 4.53. The fourth-order valence-electron chi connectivity index (χ4n) is 3.81. The maximum Gasteiger partial charge on any atom is 0.146 e. The van der Waals surface area contributed by atoms with Crippen LogP contribution < -0.4 is 5.73 Å². The summed E-state index contributed by atoms with van der Waals surface area (Å²) in [6.45, 7) is 11.7. The molecule has 7 nitrogen and oxygen atoms in total. The van der Waals surface area contributed by atoms with Crippen LogP contribution in [0.3, 0.4) is 0 Å². The van der Waals surface area contributed by atoms with Crippen LogP contribution in [0.4, 0.5) is 0 Å². The summed E-state index contributed by atoms with van der Waals surface area (Å²) in [6, 6.07) is 0. The second-order valence-corrected chi connectivity index (χ2v) is 7.98. The van der Waals surface area contributed by atoms with Gasteiger partial charge in [-0.1, -0.05) is 0 Å². The zero-order valence-corrected chi connectivity index (χ0v) is 15.4. The molecule has 2 saturated heterocycles. The molecule has 0 aromatic carbocycles. The van der Waals surface area contributed by atoms with Gasteiger partial charge in [0, 0.05) is 44.7 Å². The smallest absolute Gasteiger partial charge is 0.146 e. The second-order valence-electron chi connectivity index (χ2n) is 7.98. The number of rotatable bonds is 5. The molecule has 0 amide bonds. The van der Waals surface area contributed by atoms with Gasteiger partial charge in [-0.05, 0) is 33.2 Å². The number of aromatic nitrogens is 3. The third-order valence-electron chi connectivity index (χ3n) is 4.97. The fraction of sp³-hybridized carbons (Fsp3) is 0.882. The quantitative estimate of drug-likeness (QED) is 0.847.